The van der Waals surface area contributed by atoms with Crippen LogP contribution in [0.15, 0.2) is 36.4 Å². The first kappa shape index (κ1) is 18.5. The molecule has 0 aliphatic rings. The quantitative estimate of drug-likeness (QED) is 0.578. The summed E-state index contributed by atoms with van der Waals surface area (Å²) in [4.78, 5) is 11.0. The smallest absolute Gasteiger partial charge is 0.455 e. The Kier molecular flexibility index (Phi) is 6.65. The van der Waals surface area contributed by atoms with Crippen LogP contribution in [-0.2, 0) is 0 Å². The summed E-state index contributed by atoms with van der Waals surface area (Å²) in [6.45, 7) is 0. The molecule has 0 bridgehead atoms. The molecule has 0 unspecified atom stereocenters. The van der Waals surface area contributed by atoms with Crippen LogP contribution in [0.4, 0.5) is 13.2 Å². The normalized spacial score (nSPS) is 10.5. The molecule has 0 spiro atoms. The van der Waals surface area contributed by atoms with Crippen molar-refractivity contribution < 1.29 is 72.4 Å². The molecule has 0 saturated carbocycles. The van der Waals surface area contributed by atoms with Gasteiger partial charge in [-0.2, -0.15) is 13.2 Å². The van der Waals surface area contributed by atoms with Gasteiger partial charge in [-0.25, -0.2) is 0 Å². The molecule has 0 aliphatic heterocycles. The molecule has 2 rings (SSSR count). The van der Waals surface area contributed by atoms with E-state index in [1.807, 2.05) is 0 Å². The maximum atomic E-state index is 12.3. The van der Waals surface area contributed by atoms with Crippen LogP contribution in [0.3, 0.4) is 0 Å². The Morgan fingerprint density at radius 1 is 1.05 bits per heavy atom. The van der Waals surface area contributed by atoms with Crippen molar-refractivity contribution in [1.29, 1.82) is 0 Å². The first-order valence-electron chi connectivity index (χ1n) is 4.73. The number of halogens is 3. The van der Waals surface area contributed by atoms with Crippen molar-refractivity contribution in [2.75, 3.05) is 0 Å². The van der Waals surface area contributed by atoms with Gasteiger partial charge in [0.1, 0.15) is 5.75 Å². The van der Waals surface area contributed by atoms with Crippen molar-refractivity contribution in [2.45, 2.75) is 6.18 Å². The molecule has 2 aromatic rings. The number of ketones is 1. The number of alkyl halides is 3. The third-order valence-corrected chi connectivity index (χ3v) is 2.40. The number of aromatic hydroxyl groups is 1. The molecule has 0 amide bonds. The number of rotatable bonds is 1. The van der Waals surface area contributed by atoms with Crippen molar-refractivity contribution >= 4 is 16.6 Å². The van der Waals surface area contributed by atoms with E-state index in [4.69, 9.17) is 0 Å². The van der Waals surface area contributed by atoms with E-state index in [9.17, 15) is 23.1 Å². The molecule has 0 aliphatic carbocycles. The Balaban J connectivity index is 0.00000162. The first-order chi connectivity index (χ1) is 7.91. The van der Waals surface area contributed by atoms with Gasteiger partial charge in [-0.05, 0) is 11.5 Å². The molecule has 0 saturated heterocycles. The minimum atomic E-state index is -4.99. The number of Topliss-reactive ketones (excluding diaryl/α,β-unsaturated/α-hetero) is 1. The van der Waals surface area contributed by atoms with Gasteiger partial charge in [0.15, 0.2) is 0 Å². The fraction of sp³-hybridized carbons (Fsp3) is 0.0769. The third-order valence-electron chi connectivity index (χ3n) is 2.40. The van der Waals surface area contributed by atoms with Gasteiger partial charge in [-0.1, -0.05) is 30.3 Å². The summed E-state index contributed by atoms with van der Waals surface area (Å²) >= 11 is 0. The molecule has 1 N–H and O–H groups in total. The summed E-state index contributed by atoms with van der Waals surface area (Å²) in [7, 11) is 0. The van der Waals surface area contributed by atoms with Crippen LogP contribution in [0.2, 0.25) is 0 Å². The van der Waals surface area contributed by atoms with Gasteiger partial charge in [0.2, 0.25) is 0 Å². The monoisotopic (exact) mass is 408 g/mol. The minimum absolute atomic E-state index is 0. The third kappa shape index (κ3) is 3.77. The van der Waals surface area contributed by atoms with E-state index >= 15 is 0 Å². The zero-order chi connectivity index (χ0) is 12.6. The maximum absolute atomic E-state index is 12.3. The Morgan fingerprint density at radius 2 is 1.63 bits per heavy atom. The molecule has 6 heteroatoms. The van der Waals surface area contributed by atoms with E-state index in [0.717, 1.165) is 6.07 Å². The Labute approximate surface area is 149 Å². The van der Waals surface area contributed by atoms with Crippen molar-refractivity contribution in [2.24, 2.45) is 0 Å². The molecule has 0 aromatic heterocycles. The van der Waals surface area contributed by atoms with E-state index in [1.165, 1.54) is 12.1 Å². The molecule has 103 valence electrons. The molecule has 0 fully saturated rings. The van der Waals surface area contributed by atoms with Crippen LogP contribution in [0, 0.1) is 56.8 Å². The van der Waals surface area contributed by atoms with Crippen LogP contribution >= 0.6 is 0 Å². The molecular weight excluding hydrogens is 397 g/mol. The van der Waals surface area contributed by atoms with E-state index < -0.39 is 23.3 Å². The van der Waals surface area contributed by atoms with E-state index in [-0.39, 0.29) is 62.2 Å². The molecule has 2 nitrogen and oxygen atoms in total. The second-order valence-electron chi connectivity index (χ2n) is 3.51. The molecule has 19 heavy (non-hydrogen) atoms. The molecular formula is C13H10EuF3O2-. The summed E-state index contributed by atoms with van der Waals surface area (Å²) in [5.41, 5.74) is -0.726. The molecule has 2 aromatic carbocycles. The predicted octanol–water partition coefficient (Wildman–Crippen LogP) is 3.74. The SMILES string of the molecule is O=C(c1ccc2ccccc2c1O)C(F)(F)F.[CH3-].[Eu]. The zero-order valence-electron chi connectivity index (χ0n) is 9.83. The van der Waals surface area contributed by atoms with Crippen LogP contribution < -0.4 is 0 Å². The van der Waals surface area contributed by atoms with Gasteiger partial charge in [-0.15, -0.1) is 0 Å². The van der Waals surface area contributed by atoms with E-state index in [2.05, 4.69) is 0 Å². The summed E-state index contributed by atoms with van der Waals surface area (Å²) < 4.78 is 36.8. The average molecular weight is 407 g/mol. The summed E-state index contributed by atoms with van der Waals surface area (Å²) in [6, 6.07) is 8.70. The number of carbonyl (C=O) groups is 1. The standard InChI is InChI=1S/C12H7F3O2.CH3.Eu/c13-12(14,15)11(17)9-6-5-7-3-1-2-4-8(7)10(9)16;;/h1-6,16H;1H3;/q;-1;. The van der Waals surface area contributed by atoms with Gasteiger partial charge in [0.25, 0.3) is 5.78 Å². The fourth-order valence-corrected chi connectivity index (χ4v) is 1.59. The van der Waals surface area contributed by atoms with Crippen molar-refractivity contribution in [1.82, 2.24) is 0 Å². The van der Waals surface area contributed by atoms with Crippen LogP contribution in [-0.4, -0.2) is 17.1 Å². The second kappa shape index (κ2) is 6.82. The minimum Gasteiger partial charge on any atom is -0.507 e. The maximum Gasteiger partial charge on any atom is 0.455 e. The Morgan fingerprint density at radius 3 is 2.21 bits per heavy atom. The molecule has 1 radical (unpaired) electrons. The van der Waals surface area contributed by atoms with Crippen molar-refractivity contribution in [3.63, 3.8) is 0 Å². The van der Waals surface area contributed by atoms with E-state index in [0.29, 0.717) is 5.39 Å². The van der Waals surface area contributed by atoms with Crippen LogP contribution in [0.25, 0.3) is 10.8 Å². The van der Waals surface area contributed by atoms with Gasteiger partial charge >= 0.3 is 6.18 Å². The zero-order valence-corrected chi connectivity index (χ0v) is 12.3. The fourth-order valence-electron chi connectivity index (χ4n) is 1.59. The summed E-state index contributed by atoms with van der Waals surface area (Å²) in [6.07, 6.45) is -4.99. The Bertz CT molecular complexity index is 594. The van der Waals surface area contributed by atoms with Gasteiger partial charge in [-0.3, -0.25) is 4.79 Å². The Hall–Kier alpha value is -0.456. The molecule has 0 heterocycles. The number of hydrogen-bond acceptors (Lipinski definition) is 2. The second-order valence-corrected chi connectivity index (χ2v) is 3.51. The van der Waals surface area contributed by atoms with Crippen LogP contribution in [0.1, 0.15) is 10.4 Å². The van der Waals surface area contributed by atoms with Crippen molar-refractivity contribution in [3.8, 4) is 5.75 Å². The average Bonchev–Trinajstić information content (AvgIpc) is 2.28. The first-order valence-corrected chi connectivity index (χ1v) is 4.73. The largest absolute Gasteiger partial charge is 0.507 e. The van der Waals surface area contributed by atoms with Crippen LogP contribution in [0.5, 0.6) is 5.75 Å². The topological polar surface area (TPSA) is 37.3 Å². The number of phenols is 1. The predicted molar refractivity (Wildman–Crippen MR) is 62.4 cm³/mol. The summed E-state index contributed by atoms with van der Waals surface area (Å²) in [5, 5.41) is 10.5. The van der Waals surface area contributed by atoms with Gasteiger partial charge < -0.3 is 12.5 Å². The van der Waals surface area contributed by atoms with Gasteiger partial charge in [0.05, 0.1) is 5.56 Å². The number of carbonyl (C=O) groups excluding carboxylic acids is 1. The number of benzene rings is 2. The number of fused-ring (bicyclic) bond motifs is 1. The number of phenolic OH excluding ortho intramolecular Hbond substituents is 1. The van der Waals surface area contributed by atoms with Gasteiger partial charge in [0, 0.05) is 54.8 Å². The summed E-state index contributed by atoms with van der Waals surface area (Å²) in [5.74, 6) is -2.67. The van der Waals surface area contributed by atoms with E-state index in [1.54, 1.807) is 18.2 Å². The molecule has 0 atom stereocenters. The van der Waals surface area contributed by atoms with Crippen molar-refractivity contribution in [3.05, 3.63) is 49.4 Å². The number of hydrogen-bond donors (Lipinski definition) is 1.